The molecular formula is C24H33N4O2Si. The van der Waals surface area contributed by atoms with Crippen LogP contribution in [0.3, 0.4) is 0 Å². The van der Waals surface area contributed by atoms with Crippen LogP contribution in [-0.2, 0) is 21.6 Å². The average Bonchev–Trinajstić information content (AvgIpc) is 3.24. The summed E-state index contributed by atoms with van der Waals surface area (Å²) in [6, 6.07) is 7.88. The Morgan fingerprint density at radius 1 is 1.26 bits per heavy atom. The normalized spacial score (nSPS) is 20.9. The molecule has 1 saturated carbocycles. The molecule has 2 fully saturated rings. The molecule has 2 aliphatic rings. The molecule has 7 heteroatoms. The summed E-state index contributed by atoms with van der Waals surface area (Å²) in [4.78, 5) is 4.75. The topological polar surface area (TPSA) is 54.1 Å². The van der Waals surface area contributed by atoms with Gasteiger partial charge in [-0.3, -0.25) is 0 Å². The first-order valence-corrected chi connectivity index (χ1v) is 15.2. The van der Waals surface area contributed by atoms with Crippen LogP contribution in [0.15, 0.2) is 36.9 Å². The van der Waals surface area contributed by atoms with Crippen LogP contribution in [0, 0.1) is 6.42 Å². The maximum Gasteiger partial charge on any atom is 0.150 e. The van der Waals surface area contributed by atoms with E-state index in [2.05, 4.69) is 64.8 Å². The summed E-state index contributed by atoms with van der Waals surface area (Å²) in [5.41, 5.74) is 3.43. The zero-order valence-corrected chi connectivity index (χ0v) is 19.9. The van der Waals surface area contributed by atoms with Gasteiger partial charge in [-0.25, -0.2) is 9.67 Å². The highest BCUT2D eigenvalue weighted by Gasteiger charge is 2.48. The molecule has 1 aliphatic heterocycles. The average molecular weight is 438 g/mol. The number of aromatic nitrogens is 4. The molecular weight excluding hydrogens is 404 g/mol. The van der Waals surface area contributed by atoms with Crippen molar-refractivity contribution in [1.82, 2.24) is 19.3 Å². The second-order valence-electron chi connectivity index (χ2n) is 10.2. The van der Waals surface area contributed by atoms with Crippen LogP contribution in [0.5, 0.6) is 0 Å². The number of benzene rings is 1. The van der Waals surface area contributed by atoms with Gasteiger partial charge in [0, 0.05) is 38.3 Å². The summed E-state index contributed by atoms with van der Waals surface area (Å²) >= 11 is 0. The SMILES string of the molecule is C[Si](C)(C)CCOCn1cnc(C2(c3ccc4cnn(C5CCCCO5)c4c3)[CH]C2)c1. The third kappa shape index (κ3) is 4.36. The van der Waals surface area contributed by atoms with Crippen LogP contribution in [0.25, 0.3) is 10.9 Å². The summed E-state index contributed by atoms with van der Waals surface area (Å²) in [5, 5.41) is 5.81. The van der Waals surface area contributed by atoms with Gasteiger partial charge in [-0.2, -0.15) is 5.10 Å². The minimum absolute atomic E-state index is 0.0492. The van der Waals surface area contributed by atoms with Gasteiger partial charge in [-0.1, -0.05) is 31.8 Å². The number of rotatable bonds is 8. The summed E-state index contributed by atoms with van der Waals surface area (Å²) in [6.45, 7) is 9.34. The van der Waals surface area contributed by atoms with Crippen LogP contribution >= 0.6 is 0 Å². The number of ether oxygens (including phenoxy) is 2. The highest BCUT2D eigenvalue weighted by molar-refractivity contribution is 6.76. The molecule has 3 aromatic rings. The van der Waals surface area contributed by atoms with Crippen LogP contribution in [0.4, 0.5) is 0 Å². The van der Waals surface area contributed by atoms with E-state index in [-0.39, 0.29) is 11.6 Å². The molecule has 2 aromatic heterocycles. The van der Waals surface area contributed by atoms with Gasteiger partial charge in [-0.05, 0) is 49.8 Å². The Hall–Kier alpha value is -1.96. The van der Waals surface area contributed by atoms with E-state index in [0.29, 0.717) is 6.73 Å². The Balaban J connectivity index is 1.33. The number of fused-ring (bicyclic) bond motifs is 1. The van der Waals surface area contributed by atoms with Gasteiger partial charge in [0.05, 0.1) is 23.7 Å². The standard InChI is InChI=1S/C24H33N4O2Si/c1-31(2,3)13-12-29-18-27-16-22(25-17-27)24(9-10-24)20-8-7-19-15-26-28(21(19)14-20)23-6-4-5-11-30-23/h7-9,14-17,23H,4-6,10-13,18H2,1-3H3. The predicted octanol–water partition coefficient (Wildman–Crippen LogP) is 5.14. The molecule has 6 nitrogen and oxygen atoms in total. The summed E-state index contributed by atoms with van der Waals surface area (Å²) in [7, 11) is -1.06. The van der Waals surface area contributed by atoms with E-state index in [1.807, 2.05) is 12.5 Å². The number of nitrogens with zero attached hydrogens (tertiary/aromatic N) is 4. The van der Waals surface area contributed by atoms with Gasteiger partial charge < -0.3 is 14.0 Å². The lowest BCUT2D eigenvalue weighted by Crippen LogP contribution is -2.21. The largest absolute Gasteiger partial charge is 0.361 e. The highest BCUT2D eigenvalue weighted by atomic mass is 28.3. The van der Waals surface area contributed by atoms with E-state index in [4.69, 9.17) is 14.5 Å². The Labute approximate surface area is 185 Å². The van der Waals surface area contributed by atoms with Crippen molar-refractivity contribution in [2.45, 2.75) is 69.7 Å². The minimum Gasteiger partial charge on any atom is -0.361 e. The maximum absolute atomic E-state index is 5.99. The second-order valence-corrected chi connectivity index (χ2v) is 15.8. The van der Waals surface area contributed by atoms with Crippen molar-refractivity contribution in [1.29, 1.82) is 0 Å². The fourth-order valence-corrected chi connectivity index (χ4v) is 5.12. The molecule has 2 unspecified atom stereocenters. The molecule has 0 spiro atoms. The third-order valence-corrected chi connectivity index (χ3v) is 8.19. The predicted molar refractivity (Wildman–Crippen MR) is 125 cm³/mol. The van der Waals surface area contributed by atoms with E-state index in [9.17, 15) is 0 Å². The smallest absolute Gasteiger partial charge is 0.150 e. The first-order valence-electron chi connectivity index (χ1n) is 11.5. The second kappa shape index (κ2) is 8.19. The molecule has 0 N–H and O–H groups in total. The third-order valence-electron chi connectivity index (χ3n) is 6.48. The fraction of sp³-hybridized carbons (Fsp3) is 0.542. The van der Waals surface area contributed by atoms with E-state index in [0.717, 1.165) is 49.1 Å². The molecule has 0 amide bonds. The molecule has 1 saturated heterocycles. The van der Waals surface area contributed by atoms with Gasteiger partial charge in [0.15, 0.2) is 6.23 Å². The van der Waals surface area contributed by atoms with Crippen molar-refractivity contribution < 1.29 is 9.47 Å². The van der Waals surface area contributed by atoms with Gasteiger partial charge in [0.2, 0.25) is 0 Å². The Morgan fingerprint density at radius 2 is 2.13 bits per heavy atom. The molecule has 31 heavy (non-hydrogen) atoms. The van der Waals surface area contributed by atoms with Gasteiger partial charge in [-0.15, -0.1) is 0 Å². The van der Waals surface area contributed by atoms with Crippen molar-refractivity contribution in [2.24, 2.45) is 0 Å². The molecule has 3 heterocycles. The molecule has 165 valence electrons. The first-order chi connectivity index (χ1) is 14.9. The summed E-state index contributed by atoms with van der Waals surface area (Å²) in [6.07, 6.45) is 12.8. The first kappa shape index (κ1) is 20.9. The van der Waals surface area contributed by atoms with E-state index in [1.54, 1.807) is 0 Å². The Morgan fingerprint density at radius 3 is 2.87 bits per heavy atom. The van der Waals surface area contributed by atoms with Gasteiger partial charge in [0.25, 0.3) is 0 Å². The quantitative estimate of drug-likeness (QED) is 0.362. The zero-order chi connectivity index (χ0) is 21.5. The van der Waals surface area contributed by atoms with Crippen LogP contribution < -0.4 is 0 Å². The van der Waals surface area contributed by atoms with Crippen molar-refractivity contribution in [2.75, 3.05) is 13.2 Å². The Bertz CT molecular complexity index is 1040. The Kier molecular flexibility index (Phi) is 5.52. The zero-order valence-electron chi connectivity index (χ0n) is 18.9. The van der Waals surface area contributed by atoms with Crippen LogP contribution in [-0.4, -0.2) is 40.6 Å². The lowest BCUT2D eigenvalue weighted by molar-refractivity contribution is -0.0366. The molecule has 1 aromatic carbocycles. The molecule has 2 atom stereocenters. The monoisotopic (exact) mass is 437 g/mol. The fourth-order valence-electron chi connectivity index (χ4n) is 4.37. The van der Waals surface area contributed by atoms with Crippen molar-refractivity contribution in [3.8, 4) is 0 Å². The van der Waals surface area contributed by atoms with E-state index >= 15 is 0 Å². The van der Waals surface area contributed by atoms with E-state index < -0.39 is 8.07 Å². The summed E-state index contributed by atoms with van der Waals surface area (Å²) in [5.74, 6) is 0. The highest BCUT2D eigenvalue weighted by Crippen LogP contribution is 2.52. The van der Waals surface area contributed by atoms with Gasteiger partial charge in [0.1, 0.15) is 6.73 Å². The molecule has 0 bridgehead atoms. The number of hydrogen-bond acceptors (Lipinski definition) is 4. The van der Waals surface area contributed by atoms with Crippen molar-refractivity contribution in [3.05, 3.63) is 54.6 Å². The molecule has 1 aliphatic carbocycles. The number of imidazole rings is 1. The van der Waals surface area contributed by atoms with Crippen molar-refractivity contribution >= 4 is 19.0 Å². The maximum atomic E-state index is 5.99. The number of hydrogen-bond donors (Lipinski definition) is 0. The van der Waals surface area contributed by atoms with E-state index in [1.165, 1.54) is 18.0 Å². The minimum atomic E-state index is -1.06. The molecule has 5 rings (SSSR count). The summed E-state index contributed by atoms with van der Waals surface area (Å²) < 4.78 is 16.0. The van der Waals surface area contributed by atoms with Crippen molar-refractivity contribution in [3.63, 3.8) is 0 Å². The van der Waals surface area contributed by atoms with Crippen LogP contribution in [0.1, 0.15) is 43.2 Å². The van der Waals surface area contributed by atoms with Crippen LogP contribution in [0.2, 0.25) is 25.7 Å². The lowest BCUT2D eigenvalue weighted by Gasteiger charge is -2.23. The van der Waals surface area contributed by atoms with Gasteiger partial charge >= 0.3 is 0 Å². The lowest BCUT2D eigenvalue weighted by atomic mass is 9.92. The molecule has 1 radical (unpaired) electrons.